The lowest BCUT2D eigenvalue weighted by molar-refractivity contribution is -0.138. The largest absolute Gasteiger partial charge is 0.417 e. The van der Waals surface area contributed by atoms with Crippen molar-refractivity contribution in [1.82, 2.24) is 9.88 Å². The number of halogens is 3. The Balaban J connectivity index is 1.82. The molecule has 0 bridgehead atoms. The fourth-order valence-corrected chi connectivity index (χ4v) is 4.42. The van der Waals surface area contributed by atoms with E-state index in [0.717, 1.165) is 17.8 Å². The Morgan fingerprint density at radius 2 is 2.14 bits per heavy atom. The summed E-state index contributed by atoms with van der Waals surface area (Å²) < 4.78 is 45.7. The highest BCUT2D eigenvalue weighted by Gasteiger charge is 2.36. The zero-order valence-corrected chi connectivity index (χ0v) is 16.4. The number of nitrogens with zero attached hydrogens (tertiary/aromatic N) is 3. The summed E-state index contributed by atoms with van der Waals surface area (Å²) in [5.74, 6) is 0.143. The summed E-state index contributed by atoms with van der Waals surface area (Å²) >= 11 is 2.25. The summed E-state index contributed by atoms with van der Waals surface area (Å²) in [5, 5.41) is 21.3. The van der Waals surface area contributed by atoms with Gasteiger partial charge in [-0.1, -0.05) is 6.07 Å². The van der Waals surface area contributed by atoms with Crippen LogP contribution in [0.3, 0.4) is 0 Å². The number of alkyl halides is 3. The molecule has 0 radical (unpaired) electrons. The second-order valence-electron chi connectivity index (χ2n) is 6.20. The average Bonchev–Trinajstić information content (AvgIpc) is 3.20. The lowest BCUT2D eigenvalue weighted by Crippen LogP contribution is -2.41. The van der Waals surface area contributed by atoms with Crippen molar-refractivity contribution in [2.45, 2.75) is 17.3 Å². The van der Waals surface area contributed by atoms with Crippen molar-refractivity contribution in [1.29, 1.82) is 5.26 Å². The predicted octanol–water partition coefficient (Wildman–Crippen LogP) is 3.49. The highest BCUT2D eigenvalue weighted by molar-refractivity contribution is 7.99. The topological polar surface area (TPSA) is 69.4 Å². The monoisotopic (exact) mass is 429 g/mol. The summed E-state index contributed by atoms with van der Waals surface area (Å²) in [6.07, 6.45) is -5.42. The number of pyridine rings is 1. The highest BCUT2D eigenvalue weighted by Crippen LogP contribution is 2.38. The number of hydrogen-bond donors (Lipinski definition) is 1. The molecule has 2 aromatic heterocycles. The number of rotatable bonds is 6. The molecule has 1 N–H and O–H groups in total. The third-order valence-electron chi connectivity index (χ3n) is 4.16. The Labute approximate surface area is 168 Å². The fourth-order valence-electron chi connectivity index (χ4n) is 2.82. The number of β-amino-alcohol motifs (C(OH)–C–C–N with tert-alkyl or cyclic N) is 1. The molecule has 0 spiro atoms. The number of thiophene rings is 1. The molecule has 5 nitrogen and oxygen atoms in total. The minimum atomic E-state index is -4.66. The number of hydrogen-bond acceptors (Lipinski definition) is 7. The maximum absolute atomic E-state index is 13.5. The summed E-state index contributed by atoms with van der Waals surface area (Å²) in [6.45, 7) is 3.00. The highest BCUT2D eigenvalue weighted by atomic mass is 32.2. The van der Waals surface area contributed by atoms with E-state index in [2.05, 4.69) is 4.98 Å². The van der Waals surface area contributed by atoms with E-state index in [0.29, 0.717) is 37.7 Å². The minimum Gasteiger partial charge on any atom is -0.391 e. The van der Waals surface area contributed by atoms with E-state index >= 15 is 0 Å². The van der Waals surface area contributed by atoms with Crippen molar-refractivity contribution in [3.63, 3.8) is 0 Å². The van der Waals surface area contributed by atoms with Crippen LogP contribution < -0.4 is 0 Å². The van der Waals surface area contributed by atoms with Gasteiger partial charge in [0.25, 0.3) is 0 Å². The van der Waals surface area contributed by atoms with E-state index in [1.165, 1.54) is 11.3 Å². The second kappa shape index (κ2) is 9.24. The Kier molecular flexibility index (Phi) is 6.95. The molecule has 1 aliphatic rings. The number of nitriles is 1. The predicted molar refractivity (Wildman–Crippen MR) is 101 cm³/mol. The van der Waals surface area contributed by atoms with Crippen molar-refractivity contribution in [2.24, 2.45) is 0 Å². The molecule has 28 heavy (non-hydrogen) atoms. The number of thioether (sulfide) groups is 1. The van der Waals surface area contributed by atoms with Crippen LogP contribution in [0.2, 0.25) is 0 Å². The van der Waals surface area contributed by atoms with Crippen LogP contribution >= 0.6 is 23.1 Å². The maximum atomic E-state index is 13.5. The molecular weight excluding hydrogens is 411 g/mol. The number of aliphatic hydroxyl groups excluding tert-OH is 1. The van der Waals surface area contributed by atoms with Gasteiger partial charge in [-0.25, -0.2) is 4.98 Å². The van der Waals surface area contributed by atoms with Gasteiger partial charge in [-0.15, -0.1) is 23.1 Å². The molecule has 1 fully saturated rings. The number of morpholine rings is 1. The number of aromatic nitrogens is 1. The molecule has 150 valence electrons. The van der Waals surface area contributed by atoms with E-state index < -0.39 is 23.4 Å². The van der Waals surface area contributed by atoms with Gasteiger partial charge < -0.3 is 9.84 Å². The SMILES string of the molecule is N#Cc1c(C(F)(F)F)cc(-c2cccs2)nc1SCC(O)CN1CCOCC1. The van der Waals surface area contributed by atoms with Crippen molar-refractivity contribution in [3.8, 4) is 16.6 Å². The quantitative estimate of drug-likeness (QED) is 0.709. The summed E-state index contributed by atoms with van der Waals surface area (Å²) in [4.78, 5) is 6.91. The van der Waals surface area contributed by atoms with Crippen LogP contribution in [0, 0.1) is 11.3 Å². The fraction of sp³-hybridized carbons (Fsp3) is 0.444. The Hall–Kier alpha value is -1.64. The smallest absolute Gasteiger partial charge is 0.391 e. The van der Waals surface area contributed by atoms with Gasteiger partial charge in [-0.05, 0) is 17.5 Å². The minimum absolute atomic E-state index is 0.0123. The standard InChI is InChI=1S/C18H18F3N3O2S2/c19-18(20,21)14-8-15(16-2-1-7-27-16)23-17(13(14)9-22)28-11-12(25)10-24-3-5-26-6-4-24/h1-2,7-8,12,25H,3-6,10-11H2. The number of aliphatic hydroxyl groups is 1. The third-order valence-corrected chi connectivity index (χ3v) is 6.17. The van der Waals surface area contributed by atoms with Gasteiger partial charge in [0.15, 0.2) is 0 Å². The summed E-state index contributed by atoms with van der Waals surface area (Å²) in [5.41, 5.74) is -1.33. The molecule has 3 rings (SSSR count). The van der Waals surface area contributed by atoms with Crippen LogP contribution in [0.1, 0.15) is 11.1 Å². The van der Waals surface area contributed by atoms with E-state index in [4.69, 9.17) is 4.74 Å². The first-order valence-electron chi connectivity index (χ1n) is 8.55. The Morgan fingerprint density at radius 1 is 1.39 bits per heavy atom. The second-order valence-corrected chi connectivity index (χ2v) is 8.16. The first-order chi connectivity index (χ1) is 13.4. The van der Waals surface area contributed by atoms with Gasteiger partial charge in [0.2, 0.25) is 0 Å². The maximum Gasteiger partial charge on any atom is 0.417 e. The van der Waals surface area contributed by atoms with Crippen molar-refractivity contribution >= 4 is 23.1 Å². The van der Waals surface area contributed by atoms with Crippen molar-refractivity contribution in [2.75, 3.05) is 38.6 Å². The first kappa shape index (κ1) is 21.1. The van der Waals surface area contributed by atoms with E-state index in [-0.39, 0.29) is 16.5 Å². The van der Waals surface area contributed by atoms with E-state index in [9.17, 15) is 23.5 Å². The van der Waals surface area contributed by atoms with Gasteiger partial charge in [0, 0.05) is 25.4 Å². The molecular formula is C18H18F3N3O2S2. The van der Waals surface area contributed by atoms with Crippen LogP contribution in [0.15, 0.2) is 28.6 Å². The van der Waals surface area contributed by atoms with E-state index in [1.807, 2.05) is 4.90 Å². The zero-order valence-electron chi connectivity index (χ0n) is 14.8. The molecule has 1 aliphatic heterocycles. The lowest BCUT2D eigenvalue weighted by Gasteiger charge is -2.28. The Morgan fingerprint density at radius 3 is 2.75 bits per heavy atom. The van der Waals surface area contributed by atoms with Gasteiger partial charge in [-0.2, -0.15) is 18.4 Å². The van der Waals surface area contributed by atoms with Crippen LogP contribution in [-0.2, 0) is 10.9 Å². The lowest BCUT2D eigenvalue weighted by atomic mass is 10.1. The Bertz CT molecular complexity index is 832. The molecule has 0 aromatic carbocycles. The van der Waals surface area contributed by atoms with Gasteiger partial charge in [-0.3, -0.25) is 4.90 Å². The van der Waals surface area contributed by atoms with Crippen LogP contribution in [0.4, 0.5) is 13.2 Å². The first-order valence-corrected chi connectivity index (χ1v) is 10.4. The molecule has 1 atom stereocenters. The molecule has 1 unspecified atom stereocenters. The summed E-state index contributed by atoms with van der Waals surface area (Å²) in [6, 6.07) is 5.96. The zero-order chi connectivity index (χ0) is 20.1. The average molecular weight is 429 g/mol. The molecule has 10 heteroatoms. The van der Waals surface area contributed by atoms with Gasteiger partial charge in [0.05, 0.1) is 41.0 Å². The van der Waals surface area contributed by atoms with Crippen LogP contribution in [0.25, 0.3) is 10.6 Å². The number of ether oxygens (including phenoxy) is 1. The van der Waals surface area contributed by atoms with Crippen molar-refractivity contribution < 1.29 is 23.0 Å². The van der Waals surface area contributed by atoms with Gasteiger partial charge >= 0.3 is 6.18 Å². The van der Waals surface area contributed by atoms with E-state index in [1.54, 1.807) is 23.6 Å². The molecule has 3 heterocycles. The molecule has 0 amide bonds. The summed E-state index contributed by atoms with van der Waals surface area (Å²) in [7, 11) is 0. The van der Waals surface area contributed by atoms with Crippen LogP contribution in [-0.4, -0.2) is 59.7 Å². The molecule has 0 aliphatic carbocycles. The van der Waals surface area contributed by atoms with Gasteiger partial charge in [0.1, 0.15) is 11.1 Å². The normalized spacial score (nSPS) is 16.7. The molecule has 2 aromatic rings. The molecule has 1 saturated heterocycles. The third kappa shape index (κ3) is 5.24. The van der Waals surface area contributed by atoms with Crippen LogP contribution in [0.5, 0.6) is 0 Å². The van der Waals surface area contributed by atoms with Crippen molar-refractivity contribution in [3.05, 3.63) is 34.7 Å². The molecule has 0 saturated carbocycles.